The summed E-state index contributed by atoms with van der Waals surface area (Å²) in [6, 6.07) is 0.201. The van der Waals surface area contributed by atoms with Gasteiger partial charge in [-0.05, 0) is 26.2 Å². The van der Waals surface area contributed by atoms with Crippen LogP contribution < -0.4 is 10.6 Å². The van der Waals surface area contributed by atoms with E-state index in [-0.39, 0.29) is 39.0 Å². The van der Waals surface area contributed by atoms with Gasteiger partial charge in [-0.1, -0.05) is 19.1 Å². The summed E-state index contributed by atoms with van der Waals surface area (Å²) in [6.45, 7) is 9.78. The Morgan fingerprint density at radius 1 is 1.04 bits per heavy atom. The lowest BCUT2D eigenvalue weighted by Gasteiger charge is -2.09. The van der Waals surface area contributed by atoms with Gasteiger partial charge in [0.05, 0.1) is 19.4 Å². The predicted molar refractivity (Wildman–Crippen MR) is 98.2 cm³/mol. The minimum Gasteiger partial charge on any atom is -0.447 e. The zero-order valence-corrected chi connectivity index (χ0v) is 16.6. The van der Waals surface area contributed by atoms with Crippen molar-refractivity contribution in [1.82, 2.24) is 25.6 Å². The number of nitrogens with zero attached hydrogens (tertiary/aromatic N) is 3. The van der Waals surface area contributed by atoms with E-state index in [1.54, 1.807) is 10.9 Å². The van der Waals surface area contributed by atoms with Gasteiger partial charge in [0.15, 0.2) is 0 Å². The summed E-state index contributed by atoms with van der Waals surface area (Å²) in [5.41, 5.74) is 0.582. The molecule has 27 heavy (non-hydrogen) atoms. The third-order valence-electron chi connectivity index (χ3n) is 3.41. The maximum atomic E-state index is 11.6. The molecule has 0 atom stereocenters. The van der Waals surface area contributed by atoms with E-state index in [4.69, 9.17) is 14.2 Å². The molecule has 0 radical (unpaired) electrons. The highest BCUT2D eigenvalue weighted by molar-refractivity contribution is 5.67. The highest BCUT2D eigenvalue weighted by atomic mass is 16.6. The molecule has 0 aromatic carbocycles. The van der Waals surface area contributed by atoms with E-state index < -0.39 is 12.2 Å². The number of hydrogen-bond acceptors (Lipinski definition) is 7. The van der Waals surface area contributed by atoms with E-state index in [0.29, 0.717) is 18.2 Å². The van der Waals surface area contributed by atoms with Gasteiger partial charge in [-0.3, -0.25) is 0 Å². The smallest absolute Gasteiger partial charge is 0.407 e. The van der Waals surface area contributed by atoms with E-state index in [1.807, 2.05) is 13.8 Å². The average molecular weight is 385 g/mol. The number of nitrogens with one attached hydrogen (secondary N) is 2. The molecule has 1 rings (SSSR count). The fraction of sp³-hybridized carbons (Fsp3) is 0.765. The van der Waals surface area contributed by atoms with Crippen LogP contribution in [0.4, 0.5) is 9.59 Å². The van der Waals surface area contributed by atoms with Crippen LogP contribution in [-0.2, 0) is 20.8 Å². The molecule has 0 unspecified atom stereocenters. The molecule has 1 heterocycles. The van der Waals surface area contributed by atoms with Crippen molar-refractivity contribution >= 4 is 12.2 Å². The van der Waals surface area contributed by atoms with Crippen LogP contribution in [0, 0.1) is 5.92 Å². The van der Waals surface area contributed by atoms with Crippen molar-refractivity contribution in [3.05, 3.63) is 11.9 Å². The predicted octanol–water partition coefficient (Wildman–Crippen LogP) is 1.87. The molecule has 0 aliphatic rings. The van der Waals surface area contributed by atoms with Crippen LogP contribution in [0.3, 0.4) is 0 Å². The number of rotatable bonds is 12. The second-order valence-electron chi connectivity index (χ2n) is 6.64. The standard InChI is InChI=1S/C17H31N5O5/c1-13(2)5-6-18-16(23)26-10-9-25-8-7-19-17(24)27-12-15-11-22(14(3)4)21-20-15/h11,13-14H,5-10,12H2,1-4H3,(H,18,23)(H,19,24). The number of hydrogen-bond donors (Lipinski definition) is 2. The van der Waals surface area contributed by atoms with E-state index in [2.05, 4.69) is 34.8 Å². The molecule has 10 heteroatoms. The number of carbonyl (C=O) groups is 2. The van der Waals surface area contributed by atoms with Crippen LogP contribution in [0.2, 0.25) is 0 Å². The van der Waals surface area contributed by atoms with Gasteiger partial charge in [0.1, 0.15) is 18.9 Å². The van der Waals surface area contributed by atoms with E-state index in [1.165, 1.54) is 0 Å². The summed E-state index contributed by atoms with van der Waals surface area (Å²) in [6.07, 6.45) is 1.64. The molecule has 0 spiro atoms. The van der Waals surface area contributed by atoms with Crippen molar-refractivity contribution < 1.29 is 23.8 Å². The molecule has 0 aliphatic heterocycles. The topological polar surface area (TPSA) is 117 Å². The van der Waals surface area contributed by atoms with Crippen molar-refractivity contribution in [2.45, 2.75) is 46.8 Å². The Bertz CT molecular complexity index is 562. The summed E-state index contributed by atoms with van der Waals surface area (Å²) < 4.78 is 17.0. The monoisotopic (exact) mass is 385 g/mol. The van der Waals surface area contributed by atoms with Crippen LogP contribution in [-0.4, -0.2) is 60.1 Å². The molecule has 0 saturated heterocycles. The molecule has 2 N–H and O–H groups in total. The van der Waals surface area contributed by atoms with Gasteiger partial charge in [0.25, 0.3) is 0 Å². The maximum Gasteiger partial charge on any atom is 0.407 e. The van der Waals surface area contributed by atoms with Gasteiger partial charge >= 0.3 is 12.2 Å². The zero-order chi connectivity index (χ0) is 20.1. The highest BCUT2D eigenvalue weighted by Gasteiger charge is 2.07. The quantitative estimate of drug-likeness (QED) is 0.528. The Balaban J connectivity index is 1.96. The molecular formula is C17H31N5O5. The lowest BCUT2D eigenvalue weighted by Crippen LogP contribution is -2.29. The summed E-state index contributed by atoms with van der Waals surface area (Å²) >= 11 is 0. The lowest BCUT2D eigenvalue weighted by atomic mass is 10.1. The number of aromatic nitrogens is 3. The number of ether oxygens (including phenoxy) is 3. The molecule has 0 aliphatic carbocycles. The van der Waals surface area contributed by atoms with Gasteiger partial charge in [0, 0.05) is 19.1 Å². The average Bonchev–Trinajstić information content (AvgIpc) is 3.08. The first-order chi connectivity index (χ1) is 12.9. The molecule has 2 amide bonds. The van der Waals surface area contributed by atoms with Gasteiger partial charge < -0.3 is 24.8 Å². The summed E-state index contributed by atoms with van der Waals surface area (Å²) in [7, 11) is 0. The van der Waals surface area contributed by atoms with Gasteiger partial charge in [-0.2, -0.15) is 0 Å². The fourth-order valence-corrected chi connectivity index (χ4v) is 1.86. The molecular weight excluding hydrogens is 354 g/mol. The second-order valence-corrected chi connectivity index (χ2v) is 6.64. The van der Waals surface area contributed by atoms with E-state index in [0.717, 1.165) is 6.42 Å². The minimum absolute atomic E-state index is 0.0547. The van der Waals surface area contributed by atoms with Crippen LogP contribution in [0.25, 0.3) is 0 Å². The largest absolute Gasteiger partial charge is 0.447 e. The van der Waals surface area contributed by atoms with Gasteiger partial charge in [0.2, 0.25) is 0 Å². The first-order valence-electron chi connectivity index (χ1n) is 9.18. The first kappa shape index (κ1) is 22.7. The number of amides is 2. The lowest BCUT2D eigenvalue weighted by molar-refractivity contribution is 0.0724. The van der Waals surface area contributed by atoms with Crippen molar-refractivity contribution in [3.8, 4) is 0 Å². The molecule has 1 aromatic rings. The van der Waals surface area contributed by atoms with Gasteiger partial charge in [-0.15, -0.1) is 5.10 Å². The van der Waals surface area contributed by atoms with E-state index >= 15 is 0 Å². The SMILES string of the molecule is CC(C)CCNC(=O)OCCOCCNC(=O)OCc1cn(C(C)C)nn1. The van der Waals surface area contributed by atoms with Crippen LogP contribution in [0.15, 0.2) is 6.20 Å². The van der Waals surface area contributed by atoms with Crippen LogP contribution in [0.1, 0.15) is 45.9 Å². The van der Waals surface area contributed by atoms with Gasteiger partial charge in [-0.25, -0.2) is 14.3 Å². The van der Waals surface area contributed by atoms with Crippen LogP contribution in [0.5, 0.6) is 0 Å². The first-order valence-corrected chi connectivity index (χ1v) is 9.18. The summed E-state index contributed by atoms with van der Waals surface area (Å²) in [5, 5.41) is 13.1. The third kappa shape index (κ3) is 11.1. The third-order valence-corrected chi connectivity index (χ3v) is 3.41. The summed E-state index contributed by atoms with van der Waals surface area (Å²) in [5.74, 6) is 0.529. The normalized spacial score (nSPS) is 10.9. The maximum absolute atomic E-state index is 11.6. The Hall–Kier alpha value is -2.36. The fourth-order valence-electron chi connectivity index (χ4n) is 1.86. The summed E-state index contributed by atoms with van der Waals surface area (Å²) in [4.78, 5) is 22.9. The zero-order valence-electron chi connectivity index (χ0n) is 16.6. The molecule has 0 bridgehead atoms. The van der Waals surface area contributed by atoms with Crippen molar-refractivity contribution in [3.63, 3.8) is 0 Å². The molecule has 10 nitrogen and oxygen atoms in total. The van der Waals surface area contributed by atoms with Crippen molar-refractivity contribution in [2.75, 3.05) is 32.9 Å². The molecule has 0 fully saturated rings. The Morgan fingerprint density at radius 2 is 1.74 bits per heavy atom. The van der Waals surface area contributed by atoms with E-state index in [9.17, 15) is 9.59 Å². The highest BCUT2D eigenvalue weighted by Crippen LogP contribution is 2.03. The molecule has 154 valence electrons. The Morgan fingerprint density at radius 3 is 2.41 bits per heavy atom. The Kier molecular flexibility index (Phi) is 10.8. The number of carbonyl (C=O) groups excluding carboxylic acids is 2. The Labute approximate surface area is 159 Å². The number of alkyl carbamates (subject to hydrolysis) is 2. The second kappa shape index (κ2) is 12.9. The minimum atomic E-state index is -0.557. The van der Waals surface area contributed by atoms with Crippen molar-refractivity contribution in [2.24, 2.45) is 5.92 Å². The molecule has 1 aromatic heterocycles. The van der Waals surface area contributed by atoms with Crippen LogP contribution >= 0.6 is 0 Å². The molecule has 0 saturated carbocycles. The van der Waals surface area contributed by atoms with Crippen molar-refractivity contribution in [1.29, 1.82) is 0 Å².